The summed E-state index contributed by atoms with van der Waals surface area (Å²) in [7, 11) is 2.26. The molecule has 3 unspecified atom stereocenters. The van der Waals surface area contributed by atoms with Gasteiger partial charge in [0.1, 0.15) is 0 Å². The van der Waals surface area contributed by atoms with Gasteiger partial charge in [0, 0.05) is 18.6 Å². The lowest BCUT2D eigenvalue weighted by Gasteiger charge is -2.47. The topological polar surface area (TPSA) is 18.5 Å². The van der Waals surface area contributed by atoms with Crippen LogP contribution in [0.3, 0.4) is 0 Å². The van der Waals surface area contributed by atoms with Gasteiger partial charge < -0.3 is 10.2 Å². The molecular formula is C15H31N3. The lowest BCUT2D eigenvalue weighted by atomic mass is 9.77. The van der Waals surface area contributed by atoms with Gasteiger partial charge in [0.2, 0.25) is 0 Å². The summed E-state index contributed by atoms with van der Waals surface area (Å²) >= 11 is 0. The van der Waals surface area contributed by atoms with Crippen LogP contribution in [0.25, 0.3) is 0 Å². The summed E-state index contributed by atoms with van der Waals surface area (Å²) in [6.45, 7) is 10.9. The highest BCUT2D eigenvalue weighted by Crippen LogP contribution is 2.33. The molecule has 1 saturated heterocycles. The van der Waals surface area contributed by atoms with Crippen LogP contribution in [-0.2, 0) is 0 Å². The number of hydrogen-bond acceptors (Lipinski definition) is 3. The smallest absolute Gasteiger partial charge is 0.0197 e. The molecule has 0 radical (unpaired) electrons. The average Bonchev–Trinajstić information content (AvgIpc) is 2.46. The van der Waals surface area contributed by atoms with Crippen LogP contribution in [0.15, 0.2) is 0 Å². The van der Waals surface area contributed by atoms with E-state index in [-0.39, 0.29) is 0 Å². The Morgan fingerprint density at radius 2 is 2.06 bits per heavy atom. The summed E-state index contributed by atoms with van der Waals surface area (Å²) in [6.07, 6.45) is 5.45. The van der Waals surface area contributed by atoms with E-state index >= 15 is 0 Å². The highest BCUT2D eigenvalue weighted by molar-refractivity contribution is 4.93. The third-order valence-corrected chi connectivity index (χ3v) is 4.73. The SMILES string of the molecule is CCCNCC1CCC1N1CCCN(C)CC1C. The second kappa shape index (κ2) is 6.88. The minimum Gasteiger partial charge on any atom is -0.316 e. The van der Waals surface area contributed by atoms with Gasteiger partial charge in [-0.15, -0.1) is 0 Å². The molecule has 2 rings (SSSR count). The summed E-state index contributed by atoms with van der Waals surface area (Å²) < 4.78 is 0. The van der Waals surface area contributed by atoms with Gasteiger partial charge in [0.05, 0.1) is 0 Å². The average molecular weight is 253 g/mol. The van der Waals surface area contributed by atoms with Crippen molar-refractivity contribution in [3.63, 3.8) is 0 Å². The maximum absolute atomic E-state index is 3.61. The predicted molar refractivity (Wildman–Crippen MR) is 78.0 cm³/mol. The zero-order valence-corrected chi connectivity index (χ0v) is 12.5. The molecule has 3 nitrogen and oxygen atoms in total. The zero-order valence-electron chi connectivity index (χ0n) is 12.5. The van der Waals surface area contributed by atoms with Gasteiger partial charge in [-0.05, 0) is 71.8 Å². The molecule has 0 amide bonds. The molecule has 0 bridgehead atoms. The Morgan fingerprint density at radius 3 is 2.72 bits per heavy atom. The second-order valence-electron chi connectivity index (χ2n) is 6.31. The Morgan fingerprint density at radius 1 is 1.22 bits per heavy atom. The van der Waals surface area contributed by atoms with Crippen LogP contribution in [0.1, 0.15) is 39.5 Å². The third-order valence-electron chi connectivity index (χ3n) is 4.73. The summed E-state index contributed by atoms with van der Waals surface area (Å²) in [6, 6.07) is 1.59. The molecule has 1 N–H and O–H groups in total. The molecule has 0 aromatic carbocycles. The molecule has 1 aliphatic heterocycles. The Hall–Kier alpha value is -0.120. The van der Waals surface area contributed by atoms with E-state index in [9.17, 15) is 0 Å². The third kappa shape index (κ3) is 3.46. The molecule has 1 saturated carbocycles. The monoisotopic (exact) mass is 253 g/mol. The van der Waals surface area contributed by atoms with Crippen LogP contribution >= 0.6 is 0 Å². The van der Waals surface area contributed by atoms with Crippen molar-refractivity contribution in [3.05, 3.63) is 0 Å². The Kier molecular flexibility index (Phi) is 5.46. The molecule has 2 fully saturated rings. The maximum Gasteiger partial charge on any atom is 0.0197 e. The summed E-state index contributed by atoms with van der Waals surface area (Å²) in [5.74, 6) is 0.905. The normalized spacial score (nSPS) is 35.2. The molecule has 3 heteroatoms. The first-order valence-electron chi connectivity index (χ1n) is 7.87. The van der Waals surface area contributed by atoms with Gasteiger partial charge in [0.15, 0.2) is 0 Å². The maximum atomic E-state index is 3.61. The highest BCUT2D eigenvalue weighted by Gasteiger charge is 2.37. The van der Waals surface area contributed by atoms with Crippen molar-refractivity contribution in [1.82, 2.24) is 15.1 Å². The quantitative estimate of drug-likeness (QED) is 0.754. The Labute approximate surface area is 113 Å². The fourth-order valence-electron chi connectivity index (χ4n) is 3.57. The van der Waals surface area contributed by atoms with Crippen molar-refractivity contribution >= 4 is 0 Å². The number of hydrogen-bond donors (Lipinski definition) is 1. The van der Waals surface area contributed by atoms with E-state index in [4.69, 9.17) is 0 Å². The van der Waals surface area contributed by atoms with Gasteiger partial charge in [-0.1, -0.05) is 6.92 Å². The van der Waals surface area contributed by atoms with Gasteiger partial charge >= 0.3 is 0 Å². The molecule has 106 valence electrons. The van der Waals surface area contributed by atoms with Crippen molar-refractivity contribution in [2.75, 3.05) is 39.8 Å². The fraction of sp³-hybridized carbons (Fsp3) is 1.00. The summed E-state index contributed by atoms with van der Waals surface area (Å²) in [5, 5.41) is 3.61. The lowest BCUT2D eigenvalue weighted by molar-refractivity contribution is 0.0348. The Bertz CT molecular complexity index is 244. The molecule has 18 heavy (non-hydrogen) atoms. The van der Waals surface area contributed by atoms with Crippen molar-refractivity contribution in [3.8, 4) is 0 Å². The lowest BCUT2D eigenvalue weighted by Crippen LogP contribution is -2.54. The molecular weight excluding hydrogens is 222 g/mol. The van der Waals surface area contributed by atoms with Gasteiger partial charge in [-0.2, -0.15) is 0 Å². The van der Waals surface area contributed by atoms with Crippen LogP contribution in [0.5, 0.6) is 0 Å². The Balaban J connectivity index is 1.82. The van der Waals surface area contributed by atoms with E-state index in [0.29, 0.717) is 0 Å². The molecule has 1 heterocycles. The largest absolute Gasteiger partial charge is 0.316 e. The van der Waals surface area contributed by atoms with E-state index in [1.807, 2.05) is 0 Å². The van der Waals surface area contributed by atoms with Crippen molar-refractivity contribution < 1.29 is 0 Å². The minimum absolute atomic E-state index is 0.733. The van der Waals surface area contributed by atoms with Crippen molar-refractivity contribution in [1.29, 1.82) is 0 Å². The molecule has 0 aromatic rings. The second-order valence-corrected chi connectivity index (χ2v) is 6.31. The molecule has 2 aliphatic rings. The van der Waals surface area contributed by atoms with E-state index in [1.54, 1.807) is 0 Å². The van der Waals surface area contributed by atoms with Gasteiger partial charge in [-0.3, -0.25) is 4.90 Å². The number of nitrogens with zero attached hydrogens (tertiary/aromatic N) is 2. The first-order valence-corrected chi connectivity index (χ1v) is 7.87. The highest BCUT2D eigenvalue weighted by atomic mass is 15.3. The van der Waals surface area contributed by atoms with E-state index in [0.717, 1.165) is 18.0 Å². The minimum atomic E-state index is 0.733. The number of likely N-dealkylation sites (N-methyl/N-ethyl adjacent to an activating group) is 1. The summed E-state index contributed by atoms with van der Waals surface area (Å²) in [5.41, 5.74) is 0. The molecule has 1 aliphatic carbocycles. The van der Waals surface area contributed by atoms with Crippen molar-refractivity contribution in [2.45, 2.75) is 51.6 Å². The van der Waals surface area contributed by atoms with Crippen molar-refractivity contribution in [2.24, 2.45) is 5.92 Å². The van der Waals surface area contributed by atoms with Crippen LogP contribution in [0, 0.1) is 5.92 Å². The van der Waals surface area contributed by atoms with E-state index < -0.39 is 0 Å². The molecule has 0 spiro atoms. The van der Waals surface area contributed by atoms with E-state index in [2.05, 4.69) is 36.0 Å². The first-order chi connectivity index (χ1) is 8.72. The summed E-state index contributed by atoms with van der Waals surface area (Å²) in [4.78, 5) is 5.29. The van der Waals surface area contributed by atoms with Crippen LogP contribution < -0.4 is 5.32 Å². The zero-order chi connectivity index (χ0) is 13.0. The van der Waals surface area contributed by atoms with Crippen LogP contribution in [-0.4, -0.2) is 61.7 Å². The van der Waals surface area contributed by atoms with E-state index in [1.165, 1.54) is 58.4 Å². The first kappa shape index (κ1) is 14.3. The number of rotatable bonds is 5. The molecule has 3 atom stereocenters. The fourth-order valence-corrected chi connectivity index (χ4v) is 3.57. The predicted octanol–water partition coefficient (Wildman–Crippen LogP) is 1.79. The van der Waals surface area contributed by atoms with Gasteiger partial charge in [-0.25, -0.2) is 0 Å². The number of nitrogens with one attached hydrogen (secondary N) is 1. The molecule has 0 aromatic heterocycles. The van der Waals surface area contributed by atoms with Crippen LogP contribution in [0.2, 0.25) is 0 Å². The van der Waals surface area contributed by atoms with Crippen LogP contribution in [0.4, 0.5) is 0 Å². The standard InChI is InChI=1S/C15H31N3/c1-4-8-16-11-14-6-7-15(14)18-10-5-9-17(3)12-13(18)2/h13-16H,4-12H2,1-3H3. The van der Waals surface area contributed by atoms with Gasteiger partial charge in [0.25, 0.3) is 0 Å².